The van der Waals surface area contributed by atoms with Crippen molar-refractivity contribution in [1.29, 1.82) is 0 Å². The molecular formula is C20H34N2O8S. The molecule has 0 radical (unpaired) electrons. The summed E-state index contributed by atoms with van der Waals surface area (Å²) >= 11 is 0. The van der Waals surface area contributed by atoms with Crippen LogP contribution in [-0.2, 0) is 29.0 Å². The zero-order chi connectivity index (χ0) is 23.2. The van der Waals surface area contributed by atoms with Gasteiger partial charge in [0.1, 0.15) is 18.0 Å². The van der Waals surface area contributed by atoms with Gasteiger partial charge in [-0.1, -0.05) is 0 Å². The molecule has 1 aromatic rings. The first-order valence-electron chi connectivity index (χ1n) is 10.0. The predicted molar refractivity (Wildman–Crippen MR) is 115 cm³/mol. The van der Waals surface area contributed by atoms with Crippen LogP contribution in [-0.4, -0.2) is 80.0 Å². The summed E-state index contributed by atoms with van der Waals surface area (Å²) in [4.78, 5) is 11.6. The molecule has 0 fully saturated rings. The average molecular weight is 463 g/mol. The number of alkyl carbamates (subject to hydrolysis) is 1. The van der Waals surface area contributed by atoms with Gasteiger partial charge in [-0.05, 0) is 52.1 Å². The molecule has 0 saturated carbocycles. The fourth-order valence-corrected chi connectivity index (χ4v) is 2.86. The van der Waals surface area contributed by atoms with Gasteiger partial charge in [-0.3, -0.25) is 0 Å². The zero-order valence-electron chi connectivity index (χ0n) is 18.6. The van der Waals surface area contributed by atoms with Crippen LogP contribution in [0.1, 0.15) is 20.8 Å². The molecule has 0 unspecified atom stereocenters. The Balaban J connectivity index is 1.93. The largest absolute Gasteiger partial charge is 0.491 e. The maximum Gasteiger partial charge on any atom is 0.407 e. The van der Waals surface area contributed by atoms with Gasteiger partial charge in [0.15, 0.2) is 0 Å². The van der Waals surface area contributed by atoms with Crippen molar-refractivity contribution in [3.8, 4) is 5.75 Å². The van der Waals surface area contributed by atoms with Gasteiger partial charge in [-0.25, -0.2) is 17.9 Å². The number of benzene rings is 1. The Bertz CT molecular complexity index is 733. The second kappa shape index (κ2) is 14.2. The second-order valence-electron chi connectivity index (χ2n) is 7.29. The van der Waals surface area contributed by atoms with Crippen molar-refractivity contribution in [2.24, 2.45) is 0 Å². The summed E-state index contributed by atoms with van der Waals surface area (Å²) in [6.07, 6.45) is -0.466. The number of carbonyl (C=O) groups is 1. The molecule has 0 heterocycles. The van der Waals surface area contributed by atoms with Crippen molar-refractivity contribution < 1.29 is 36.9 Å². The van der Waals surface area contributed by atoms with Gasteiger partial charge in [-0.15, -0.1) is 0 Å². The van der Waals surface area contributed by atoms with E-state index in [2.05, 4.69) is 10.0 Å². The molecule has 0 aromatic heterocycles. The van der Waals surface area contributed by atoms with Crippen molar-refractivity contribution in [3.05, 3.63) is 24.3 Å². The van der Waals surface area contributed by atoms with Gasteiger partial charge >= 0.3 is 6.09 Å². The van der Waals surface area contributed by atoms with Gasteiger partial charge < -0.3 is 29.0 Å². The minimum Gasteiger partial charge on any atom is -0.491 e. The van der Waals surface area contributed by atoms with E-state index in [-0.39, 0.29) is 4.90 Å². The molecule has 10 nitrogen and oxygen atoms in total. The smallest absolute Gasteiger partial charge is 0.407 e. The number of ether oxygens (including phenoxy) is 5. The van der Waals surface area contributed by atoms with Crippen LogP contribution >= 0.6 is 0 Å². The molecular weight excluding hydrogens is 428 g/mol. The van der Waals surface area contributed by atoms with Crippen molar-refractivity contribution >= 4 is 16.1 Å². The lowest BCUT2D eigenvalue weighted by Crippen LogP contribution is -2.34. The Labute approximate surface area is 184 Å². The number of amides is 1. The molecule has 31 heavy (non-hydrogen) atoms. The molecule has 0 bridgehead atoms. The van der Waals surface area contributed by atoms with E-state index in [1.165, 1.54) is 19.2 Å². The van der Waals surface area contributed by atoms with E-state index in [4.69, 9.17) is 23.7 Å². The summed E-state index contributed by atoms with van der Waals surface area (Å²) in [7, 11) is -2.08. The first-order chi connectivity index (χ1) is 14.6. The summed E-state index contributed by atoms with van der Waals surface area (Å²) in [5.41, 5.74) is -0.518. The highest BCUT2D eigenvalue weighted by molar-refractivity contribution is 7.89. The van der Waals surface area contributed by atoms with Gasteiger partial charge in [0.2, 0.25) is 10.0 Å². The molecule has 0 aliphatic heterocycles. The zero-order valence-corrected chi connectivity index (χ0v) is 19.5. The van der Waals surface area contributed by atoms with Gasteiger partial charge in [0.25, 0.3) is 0 Å². The molecule has 0 atom stereocenters. The van der Waals surface area contributed by atoms with E-state index in [0.29, 0.717) is 58.5 Å². The Morgan fingerprint density at radius 3 is 1.90 bits per heavy atom. The van der Waals surface area contributed by atoms with Crippen LogP contribution in [0.25, 0.3) is 0 Å². The number of hydrogen-bond donors (Lipinski definition) is 2. The van der Waals surface area contributed by atoms with Crippen molar-refractivity contribution in [2.75, 3.05) is 59.8 Å². The minimum atomic E-state index is -3.45. The summed E-state index contributed by atoms with van der Waals surface area (Å²) in [5.74, 6) is 0.563. The van der Waals surface area contributed by atoms with E-state index >= 15 is 0 Å². The number of hydrogen-bond acceptors (Lipinski definition) is 8. The summed E-state index contributed by atoms with van der Waals surface area (Å²) < 4.78 is 52.3. The molecule has 178 valence electrons. The monoisotopic (exact) mass is 462 g/mol. The predicted octanol–water partition coefficient (Wildman–Crippen LogP) is 1.55. The lowest BCUT2D eigenvalue weighted by Gasteiger charge is -2.19. The highest BCUT2D eigenvalue weighted by Gasteiger charge is 2.15. The molecule has 2 N–H and O–H groups in total. The van der Waals surface area contributed by atoms with E-state index in [1.54, 1.807) is 32.9 Å². The summed E-state index contributed by atoms with van der Waals surface area (Å²) in [6.45, 7) is 8.56. The first-order valence-corrected chi connectivity index (χ1v) is 11.5. The first kappa shape index (κ1) is 27.1. The molecule has 1 rings (SSSR count). The highest BCUT2D eigenvalue weighted by Crippen LogP contribution is 2.15. The van der Waals surface area contributed by atoms with Gasteiger partial charge in [-0.2, -0.15) is 0 Å². The lowest BCUT2D eigenvalue weighted by atomic mass is 10.2. The number of rotatable bonds is 15. The molecule has 0 aliphatic rings. The number of carbonyl (C=O) groups excluding carboxylic acids is 1. The van der Waals surface area contributed by atoms with Crippen LogP contribution < -0.4 is 14.8 Å². The quantitative estimate of drug-likeness (QED) is 0.377. The average Bonchev–Trinajstić information content (AvgIpc) is 2.70. The topological polar surface area (TPSA) is 121 Å². The Morgan fingerprint density at radius 2 is 1.39 bits per heavy atom. The van der Waals surface area contributed by atoms with Gasteiger partial charge in [0, 0.05) is 6.54 Å². The van der Waals surface area contributed by atoms with Crippen LogP contribution in [0.15, 0.2) is 29.2 Å². The molecule has 0 spiro atoms. The summed E-state index contributed by atoms with van der Waals surface area (Å²) in [5, 5.41) is 2.61. The highest BCUT2D eigenvalue weighted by atomic mass is 32.2. The van der Waals surface area contributed by atoms with Crippen LogP contribution in [0.3, 0.4) is 0 Å². The fraction of sp³-hybridized carbons (Fsp3) is 0.650. The van der Waals surface area contributed by atoms with E-state index in [9.17, 15) is 13.2 Å². The van der Waals surface area contributed by atoms with Crippen molar-refractivity contribution in [1.82, 2.24) is 10.0 Å². The molecule has 0 aliphatic carbocycles. The Kier molecular flexibility index (Phi) is 12.4. The molecule has 1 aromatic carbocycles. The van der Waals surface area contributed by atoms with E-state index < -0.39 is 21.7 Å². The van der Waals surface area contributed by atoms with E-state index in [0.717, 1.165) is 0 Å². The maximum absolute atomic E-state index is 11.6. The SMILES string of the molecule is CNS(=O)(=O)c1ccc(OCCOCCOCCOCCNC(=O)OC(C)(C)C)cc1. The third-order valence-electron chi connectivity index (χ3n) is 3.56. The Hall–Kier alpha value is -1.92. The normalized spacial score (nSPS) is 11.9. The molecule has 1 amide bonds. The standard InChI is InChI=1S/C20H34N2O8S/c1-20(2,3)30-19(23)22-9-10-26-11-12-27-13-14-28-15-16-29-17-5-7-18(8-6-17)31(24,25)21-4/h5-8,21H,9-16H2,1-4H3,(H,22,23). The fourth-order valence-electron chi connectivity index (χ4n) is 2.13. The van der Waals surface area contributed by atoms with Crippen LogP contribution in [0, 0.1) is 0 Å². The third kappa shape index (κ3) is 13.2. The number of nitrogens with one attached hydrogen (secondary N) is 2. The lowest BCUT2D eigenvalue weighted by molar-refractivity contribution is 0.00904. The Morgan fingerprint density at radius 1 is 0.871 bits per heavy atom. The van der Waals surface area contributed by atoms with Crippen LogP contribution in [0.5, 0.6) is 5.75 Å². The number of sulfonamides is 1. The van der Waals surface area contributed by atoms with E-state index in [1.807, 2.05) is 0 Å². The molecule has 11 heteroatoms. The van der Waals surface area contributed by atoms with Crippen LogP contribution in [0.4, 0.5) is 4.79 Å². The summed E-state index contributed by atoms with van der Waals surface area (Å²) in [6, 6.07) is 6.14. The van der Waals surface area contributed by atoms with Crippen molar-refractivity contribution in [3.63, 3.8) is 0 Å². The van der Waals surface area contributed by atoms with Crippen molar-refractivity contribution in [2.45, 2.75) is 31.3 Å². The second-order valence-corrected chi connectivity index (χ2v) is 9.18. The third-order valence-corrected chi connectivity index (χ3v) is 4.99. The maximum atomic E-state index is 11.6. The van der Waals surface area contributed by atoms with Gasteiger partial charge in [0.05, 0.1) is 44.5 Å². The minimum absolute atomic E-state index is 0.180. The molecule has 0 saturated heterocycles. The van der Waals surface area contributed by atoms with Crippen LogP contribution in [0.2, 0.25) is 0 Å².